The molecule has 0 fully saturated rings. The van der Waals surface area contributed by atoms with Crippen LogP contribution in [0, 0.1) is 5.82 Å². The third kappa shape index (κ3) is 5.00. The molecule has 0 aliphatic heterocycles. The van der Waals surface area contributed by atoms with Gasteiger partial charge in [-0.25, -0.2) is 9.37 Å². The summed E-state index contributed by atoms with van der Waals surface area (Å²) in [5.41, 5.74) is 0.386. The van der Waals surface area contributed by atoms with Crippen LogP contribution < -0.4 is 10.9 Å². The molecule has 1 heterocycles. The van der Waals surface area contributed by atoms with E-state index in [9.17, 15) is 18.8 Å². The molecule has 0 spiro atoms. The molecule has 8 heteroatoms. The summed E-state index contributed by atoms with van der Waals surface area (Å²) in [4.78, 5) is 42.5. The fraction of sp³-hybridized carbons (Fsp3) is 0.200. The molecule has 28 heavy (non-hydrogen) atoms. The molecule has 0 bridgehead atoms. The third-order valence-corrected chi connectivity index (χ3v) is 3.97. The molecule has 0 radical (unpaired) electrons. The fourth-order valence-electron chi connectivity index (χ4n) is 2.62. The average Bonchev–Trinajstić information content (AvgIpc) is 2.68. The number of nitrogens with zero attached hydrogens (tertiary/aromatic N) is 1. The van der Waals surface area contributed by atoms with E-state index in [-0.39, 0.29) is 17.7 Å². The Bertz CT molecular complexity index is 1060. The highest BCUT2D eigenvalue weighted by Gasteiger charge is 2.10. The largest absolute Gasteiger partial charge is 0.456 e. The van der Waals surface area contributed by atoms with Crippen LogP contribution in [0.2, 0.25) is 0 Å². The van der Waals surface area contributed by atoms with Gasteiger partial charge in [-0.05, 0) is 30.7 Å². The normalized spacial score (nSPS) is 10.6. The van der Waals surface area contributed by atoms with Crippen molar-refractivity contribution in [2.45, 2.75) is 19.3 Å². The number of fused-ring (bicyclic) bond motifs is 1. The Kier molecular flexibility index (Phi) is 6.11. The molecule has 3 rings (SSSR count). The van der Waals surface area contributed by atoms with Crippen molar-refractivity contribution < 1.29 is 18.7 Å². The van der Waals surface area contributed by atoms with E-state index >= 15 is 0 Å². The molecule has 0 unspecified atom stereocenters. The van der Waals surface area contributed by atoms with Gasteiger partial charge in [0.1, 0.15) is 11.6 Å². The predicted octanol–water partition coefficient (Wildman–Crippen LogP) is 2.57. The number of hydrogen-bond donors (Lipinski definition) is 2. The first-order valence-electron chi connectivity index (χ1n) is 8.71. The zero-order valence-electron chi connectivity index (χ0n) is 14.9. The van der Waals surface area contributed by atoms with Crippen LogP contribution in [0.1, 0.15) is 18.7 Å². The van der Waals surface area contributed by atoms with Crippen molar-refractivity contribution in [3.05, 3.63) is 70.5 Å². The zero-order chi connectivity index (χ0) is 19.9. The number of hydrogen-bond acceptors (Lipinski definition) is 5. The zero-order valence-corrected chi connectivity index (χ0v) is 14.9. The molecule has 0 atom stereocenters. The number of carbonyl (C=O) groups excluding carboxylic acids is 2. The van der Waals surface area contributed by atoms with Gasteiger partial charge in [0.15, 0.2) is 6.61 Å². The summed E-state index contributed by atoms with van der Waals surface area (Å²) >= 11 is 0. The Morgan fingerprint density at radius 3 is 2.68 bits per heavy atom. The summed E-state index contributed by atoms with van der Waals surface area (Å²) in [7, 11) is 0. The summed E-state index contributed by atoms with van der Waals surface area (Å²) in [5.74, 6) is -1.28. The maximum absolute atomic E-state index is 13.4. The Morgan fingerprint density at radius 1 is 1.11 bits per heavy atom. The second kappa shape index (κ2) is 8.90. The minimum Gasteiger partial charge on any atom is -0.456 e. The Morgan fingerprint density at radius 2 is 1.86 bits per heavy atom. The van der Waals surface area contributed by atoms with Crippen LogP contribution in [0.3, 0.4) is 0 Å². The molecule has 1 amide bonds. The van der Waals surface area contributed by atoms with Gasteiger partial charge in [-0.15, -0.1) is 0 Å². The second-order valence-corrected chi connectivity index (χ2v) is 6.07. The van der Waals surface area contributed by atoms with Gasteiger partial charge in [0.2, 0.25) is 0 Å². The molecule has 2 N–H and O–H groups in total. The molecule has 7 nitrogen and oxygen atoms in total. The quantitative estimate of drug-likeness (QED) is 0.611. The van der Waals surface area contributed by atoms with Crippen LogP contribution in [0.15, 0.2) is 53.3 Å². The van der Waals surface area contributed by atoms with Crippen LogP contribution in [0.25, 0.3) is 10.9 Å². The van der Waals surface area contributed by atoms with Gasteiger partial charge in [0.05, 0.1) is 16.6 Å². The highest BCUT2D eigenvalue weighted by atomic mass is 19.1. The van der Waals surface area contributed by atoms with Crippen LogP contribution >= 0.6 is 0 Å². The number of halogens is 1. The van der Waals surface area contributed by atoms with Gasteiger partial charge < -0.3 is 15.0 Å². The number of rotatable bonds is 7. The van der Waals surface area contributed by atoms with Crippen LogP contribution in [0.5, 0.6) is 0 Å². The lowest BCUT2D eigenvalue weighted by atomic mass is 10.2. The number of aromatic amines is 1. The van der Waals surface area contributed by atoms with Crippen molar-refractivity contribution in [1.82, 2.24) is 9.97 Å². The number of H-pyrrole nitrogens is 1. The van der Waals surface area contributed by atoms with E-state index < -0.39 is 24.3 Å². The Balaban J connectivity index is 1.44. The molecule has 144 valence electrons. The van der Waals surface area contributed by atoms with Crippen molar-refractivity contribution in [2.75, 3.05) is 11.9 Å². The Labute approximate surface area is 159 Å². The topological polar surface area (TPSA) is 101 Å². The first-order valence-corrected chi connectivity index (χ1v) is 8.71. The molecule has 0 saturated heterocycles. The number of carbonyl (C=O) groups is 2. The molecular formula is C20H18FN3O4. The first kappa shape index (κ1) is 19.2. The minimum atomic E-state index is -0.626. The Hall–Kier alpha value is -3.55. The van der Waals surface area contributed by atoms with Crippen molar-refractivity contribution in [1.29, 1.82) is 0 Å². The number of anilines is 1. The SMILES string of the molecule is O=C(COC(=O)CCCc1nc2ccccc2c(=O)[nH]1)Nc1ccccc1F. The van der Waals surface area contributed by atoms with Gasteiger partial charge >= 0.3 is 5.97 Å². The van der Waals surface area contributed by atoms with Gasteiger partial charge in [-0.3, -0.25) is 14.4 Å². The maximum Gasteiger partial charge on any atom is 0.306 e. The van der Waals surface area contributed by atoms with Crippen molar-refractivity contribution in [3.63, 3.8) is 0 Å². The summed E-state index contributed by atoms with van der Waals surface area (Å²) in [6, 6.07) is 12.7. The summed E-state index contributed by atoms with van der Waals surface area (Å²) in [5, 5.41) is 2.84. The van der Waals surface area contributed by atoms with Gasteiger partial charge in [-0.1, -0.05) is 24.3 Å². The van der Waals surface area contributed by atoms with Crippen molar-refractivity contribution >= 4 is 28.5 Å². The fourth-order valence-corrected chi connectivity index (χ4v) is 2.62. The number of nitrogens with one attached hydrogen (secondary N) is 2. The van der Waals surface area contributed by atoms with Gasteiger partial charge in [0, 0.05) is 12.8 Å². The van der Waals surface area contributed by atoms with Crippen molar-refractivity contribution in [3.8, 4) is 0 Å². The highest BCUT2D eigenvalue weighted by Crippen LogP contribution is 2.12. The molecule has 3 aromatic rings. The van der Waals surface area contributed by atoms with E-state index in [0.717, 1.165) is 0 Å². The predicted molar refractivity (Wildman–Crippen MR) is 101 cm³/mol. The number of esters is 1. The van der Waals surface area contributed by atoms with E-state index in [1.165, 1.54) is 18.2 Å². The number of amides is 1. The lowest BCUT2D eigenvalue weighted by Gasteiger charge is -2.07. The van der Waals surface area contributed by atoms with E-state index in [0.29, 0.717) is 29.6 Å². The average molecular weight is 383 g/mol. The van der Waals surface area contributed by atoms with E-state index in [2.05, 4.69) is 15.3 Å². The smallest absolute Gasteiger partial charge is 0.306 e. The van der Waals surface area contributed by atoms with E-state index in [1.54, 1.807) is 30.3 Å². The minimum absolute atomic E-state index is 0.0230. The molecule has 0 aliphatic rings. The number of aromatic nitrogens is 2. The van der Waals surface area contributed by atoms with Crippen molar-refractivity contribution in [2.24, 2.45) is 0 Å². The monoisotopic (exact) mass is 383 g/mol. The van der Waals surface area contributed by atoms with Gasteiger partial charge in [-0.2, -0.15) is 0 Å². The number of benzene rings is 2. The summed E-state index contributed by atoms with van der Waals surface area (Å²) < 4.78 is 18.3. The standard InChI is InChI=1S/C20H18FN3O4/c21-14-7-2-4-9-16(14)23-18(25)12-28-19(26)11-5-10-17-22-15-8-3-1-6-13(15)20(27)24-17/h1-4,6-9H,5,10-12H2,(H,23,25)(H,22,24,27). The van der Waals surface area contributed by atoms with E-state index in [4.69, 9.17) is 4.74 Å². The highest BCUT2D eigenvalue weighted by molar-refractivity contribution is 5.92. The molecule has 1 aromatic heterocycles. The summed E-state index contributed by atoms with van der Waals surface area (Å²) in [6.45, 7) is -0.502. The van der Waals surface area contributed by atoms with Crippen LogP contribution in [-0.4, -0.2) is 28.5 Å². The molecule has 0 saturated carbocycles. The molecule has 2 aromatic carbocycles. The number of para-hydroxylation sites is 2. The van der Waals surface area contributed by atoms with E-state index in [1.807, 2.05) is 0 Å². The molecular weight excluding hydrogens is 365 g/mol. The number of aryl methyl sites for hydroxylation is 1. The summed E-state index contributed by atoms with van der Waals surface area (Å²) in [6.07, 6.45) is 0.842. The third-order valence-electron chi connectivity index (χ3n) is 3.97. The van der Waals surface area contributed by atoms with Crippen LogP contribution in [-0.2, 0) is 20.7 Å². The number of ether oxygens (including phenoxy) is 1. The second-order valence-electron chi connectivity index (χ2n) is 6.07. The molecule has 0 aliphatic carbocycles. The lowest BCUT2D eigenvalue weighted by molar-refractivity contribution is -0.147. The maximum atomic E-state index is 13.4. The lowest BCUT2D eigenvalue weighted by Crippen LogP contribution is -2.21. The first-order chi connectivity index (χ1) is 13.5. The van der Waals surface area contributed by atoms with Gasteiger partial charge in [0.25, 0.3) is 11.5 Å². The van der Waals surface area contributed by atoms with Crippen LogP contribution in [0.4, 0.5) is 10.1 Å².